The number of methoxy groups -OCH3 is 1. The summed E-state index contributed by atoms with van der Waals surface area (Å²) in [4.78, 5) is 24.7. The highest BCUT2D eigenvalue weighted by molar-refractivity contribution is 9.10. The molecule has 0 N–H and O–H groups in total. The summed E-state index contributed by atoms with van der Waals surface area (Å²) >= 11 is 9.28. The number of esters is 1. The van der Waals surface area contributed by atoms with Crippen molar-refractivity contribution in [3.63, 3.8) is 0 Å². The van der Waals surface area contributed by atoms with Gasteiger partial charge in [0, 0.05) is 18.1 Å². The number of carbonyl (C=O) groups excluding carboxylic acids is 2. The zero-order valence-electron chi connectivity index (χ0n) is 12.1. The number of halogens is 2. The maximum absolute atomic E-state index is 11.9. The summed E-state index contributed by atoms with van der Waals surface area (Å²) in [5.74, 6) is -0.556. The lowest BCUT2D eigenvalue weighted by molar-refractivity contribution is -0.146. The van der Waals surface area contributed by atoms with Crippen LogP contribution in [-0.4, -0.2) is 44.1 Å². The van der Waals surface area contributed by atoms with Crippen LogP contribution in [0.4, 0.5) is 0 Å². The quantitative estimate of drug-likeness (QED) is 0.714. The summed E-state index contributed by atoms with van der Waals surface area (Å²) in [6, 6.07) is 5.13. The van der Waals surface area contributed by atoms with Gasteiger partial charge in [-0.1, -0.05) is 34.5 Å². The molecule has 0 aromatic heterocycles. The van der Waals surface area contributed by atoms with Gasteiger partial charge in [0.05, 0.1) is 18.1 Å². The second-order valence-corrected chi connectivity index (χ2v) is 5.88. The molecule has 0 saturated heterocycles. The van der Waals surface area contributed by atoms with Gasteiger partial charge in [-0.25, -0.2) is 0 Å². The number of likely N-dealkylation sites (N-methyl/N-ethyl adjacent to an activating group) is 1. The van der Waals surface area contributed by atoms with Gasteiger partial charge in [-0.05, 0) is 18.2 Å². The summed E-state index contributed by atoms with van der Waals surface area (Å²) in [5, 5.41) is 0.419. The second-order valence-electron chi connectivity index (χ2n) is 4.56. The van der Waals surface area contributed by atoms with E-state index in [1.807, 2.05) is 0 Å². The maximum Gasteiger partial charge on any atom is 0.310 e. The van der Waals surface area contributed by atoms with Gasteiger partial charge < -0.3 is 14.4 Å². The number of benzene rings is 1. The highest BCUT2D eigenvalue weighted by Crippen LogP contribution is 2.27. The maximum atomic E-state index is 11.9. The van der Waals surface area contributed by atoms with Gasteiger partial charge in [-0.15, -0.1) is 0 Å². The van der Waals surface area contributed by atoms with Gasteiger partial charge in [-0.2, -0.15) is 0 Å². The number of rotatable bonds is 6. The summed E-state index contributed by atoms with van der Waals surface area (Å²) in [6.07, 6.45) is 0. The summed E-state index contributed by atoms with van der Waals surface area (Å²) in [5.41, 5.74) is 0. The molecular formula is C14H17BrClNO4. The van der Waals surface area contributed by atoms with Crippen molar-refractivity contribution in [2.24, 2.45) is 5.92 Å². The van der Waals surface area contributed by atoms with E-state index in [0.717, 1.165) is 4.47 Å². The van der Waals surface area contributed by atoms with Crippen LogP contribution in [0.25, 0.3) is 0 Å². The summed E-state index contributed by atoms with van der Waals surface area (Å²) < 4.78 is 10.8. The fourth-order valence-electron chi connectivity index (χ4n) is 1.63. The van der Waals surface area contributed by atoms with Crippen LogP contribution in [-0.2, 0) is 14.3 Å². The van der Waals surface area contributed by atoms with Crippen LogP contribution < -0.4 is 4.74 Å². The Kier molecular flexibility index (Phi) is 6.98. The molecule has 5 nitrogen and oxygen atoms in total. The van der Waals surface area contributed by atoms with Crippen LogP contribution in [0.2, 0.25) is 5.02 Å². The lowest BCUT2D eigenvalue weighted by atomic mass is 10.2. The van der Waals surface area contributed by atoms with Crippen molar-refractivity contribution >= 4 is 39.4 Å². The Labute approximate surface area is 137 Å². The van der Waals surface area contributed by atoms with Crippen LogP contribution in [0.5, 0.6) is 5.75 Å². The minimum Gasteiger partial charge on any atom is -0.482 e. The third kappa shape index (κ3) is 5.55. The molecule has 0 aliphatic rings. The molecule has 1 unspecified atom stereocenters. The van der Waals surface area contributed by atoms with Gasteiger partial charge in [0.1, 0.15) is 5.75 Å². The van der Waals surface area contributed by atoms with Crippen LogP contribution in [0, 0.1) is 5.92 Å². The van der Waals surface area contributed by atoms with Gasteiger partial charge >= 0.3 is 5.97 Å². The van der Waals surface area contributed by atoms with E-state index in [1.54, 1.807) is 32.2 Å². The monoisotopic (exact) mass is 377 g/mol. The fraction of sp³-hybridized carbons (Fsp3) is 0.429. The third-order valence-electron chi connectivity index (χ3n) is 2.82. The van der Waals surface area contributed by atoms with Crippen molar-refractivity contribution in [3.05, 3.63) is 27.7 Å². The molecule has 0 aliphatic heterocycles. The Balaban J connectivity index is 2.51. The van der Waals surface area contributed by atoms with Gasteiger partial charge in [-0.3, -0.25) is 9.59 Å². The molecule has 1 aromatic rings. The topological polar surface area (TPSA) is 55.8 Å². The lowest BCUT2D eigenvalue weighted by Crippen LogP contribution is -2.37. The van der Waals surface area contributed by atoms with Crippen LogP contribution in [0.3, 0.4) is 0 Å². The first-order chi connectivity index (χ1) is 9.85. The molecule has 0 spiro atoms. The Bertz CT molecular complexity index is 524. The normalized spacial score (nSPS) is 11.7. The van der Waals surface area contributed by atoms with Crippen molar-refractivity contribution in [1.82, 2.24) is 4.90 Å². The molecule has 0 aliphatic carbocycles. The molecule has 0 fully saturated rings. The smallest absolute Gasteiger partial charge is 0.310 e. The van der Waals surface area contributed by atoms with E-state index in [0.29, 0.717) is 10.8 Å². The fourth-order valence-corrected chi connectivity index (χ4v) is 2.36. The minimum absolute atomic E-state index is 0.147. The highest BCUT2D eigenvalue weighted by atomic mass is 79.9. The standard InChI is InChI=1S/C14H17BrClNO4/c1-9(14(19)20-3)7-17(2)13(18)8-21-12-5-4-10(15)6-11(12)16/h4-6,9H,7-8H2,1-3H3. The molecular weight excluding hydrogens is 362 g/mol. The first-order valence-electron chi connectivity index (χ1n) is 6.24. The molecule has 0 bridgehead atoms. The Morgan fingerprint density at radius 2 is 2.10 bits per heavy atom. The van der Waals surface area contributed by atoms with Crippen molar-refractivity contribution in [3.8, 4) is 5.75 Å². The molecule has 0 radical (unpaired) electrons. The predicted octanol–water partition coefficient (Wildman–Crippen LogP) is 2.75. The zero-order chi connectivity index (χ0) is 16.0. The van der Waals surface area contributed by atoms with E-state index in [2.05, 4.69) is 20.7 Å². The van der Waals surface area contributed by atoms with E-state index in [4.69, 9.17) is 16.3 Å². The third-order valence-corrected chi connectivity index (χ3v) is 3.61. The SMILES string of the molecule is COC(=O)C(C)CN(C)C(=O)COc1ccc(Br)cc1Cl. The minimum atomic E-state index is -0.389. The van der Waals surface area contributed by atoms with Crippen LogP contribution in [0.1, 0.15) is 6.92 Å². The van der Waals surface area contributed by atoms with Crippen LogP contribution in [0.15, 0.2) is 22.7 Å². The summed E-state index contributed by atoms with van der Waals surface area (Å²) in [6.45, 7) is 1.82. The van der Waals surface area contributed by atoms with Crippen LogP contribution >= 0.6 is 27.5 Å². The number of ether oxygens (including phenoxy) is 2. The molecule has 1 rings (SSSR count). The first kappa shape index (κ1) is 17.8. The molecule has 1 atom stereocenters. The van der Waals surface area contributed by atoms with E-state index < -0.39 is 0 Å². The zero-order valence-corrected chi connectivity index (χ0v) is 14.4. The predicted molar refractivity (Wildman–Crippen MR) is 83.5 cm³/mol. The van der Waals surface area contributed by atoms with E-state index >= 15 is 0 Å². The molecule has 116 valence electrons. The molecule has 21 heavy (non-hydrogen) atoms. The number of carbonyl (C=O) groups is 2. The van der Waals surface area contributed by atoms with Gasteiger partial charge in [0.15, 0.2) is 6.61 Å². The summed E-state index contributed by atoms with van der Waals surface area (Å²) in [7, 11) is 2.92. The lowest BCUT2D eigenvalue weighted by Gasteiger charge is -2.20. The molecule has 1 aromatic carbocycles. The Morgan fingerprint density at radius 1 is 1.43 bits per heavy atom. The Morgan fingerprint density at radius 3 is 2.67 bits per heavy atom. The largest absolute Gasteiger partial charge is 0.482 e. The van der Waals surface area contributed by atoms with Crippen molar-refractivity contribution in [2.75, 3.05) is 27.3 Å². The Hall–Kier alpha value is -1.27. The van der Waals surface area contributed by atoms with Crippen molar-refractivity contribution in [1.29, 1.82) is 0 Å². The average Bonchev–Trinajstić information content (AvgIpc) is 2.44. The molecule has 1 amide bonds. The van der Waals surface area contributed by atoms with Gasteiger partial charge in [0.2, 0.25) is 0 Å². The van der Waals surface area contributed by atoms with E-state index in [1.165, 1.54) is 12.0 Å². The van der Waals surface area contributed by atoms with E-state index in [-0.39, 0.29) is 30.9 Å². The van der Waals surface area contributed by atoms with Crippen molar-refractivity contribution < 1.29 is 19.1 Å². The second kappa shape index (κ2) is 8.24. The highest BCUT2D eigenvalue weighted by Gasteiger charge is 2.19. The first-order valence-corrected chi connectivity index (χ1v) is 7.42. The molecule has 7 heteroatoms. The number of hydrogen-bond donors (Lipinski definition) is 0. The average molecular weight is 379 g/mol. The molecule has 0 saturated carbocycles. The number of nitrogens with zero attached hydrogens (tertiary/aromatic N) is 1. The van der Waals surface area contributed by atoms with Gasteiger partial charge in [0.25, 0.3) is 5.91 Å². The number of amides is 1. The number of hydrogen-bond acceptors (Lipinski definition) is 4. The molecule has 0 heterocycles. The van der Waals surface area contributed by atoms with E-state index in [9.17, 15) is 9.59 Å². The van der Waals surface area contributed by atoms with Crippen molar-refractivity contribution in [2.45, 2.75) is 6.92 Å².